The van der Waals surface area contributed by atoms with Gasteiger partial charge in [0.2, 0.25) is 5.91 Å². The normalized spacial score (nSPS) is 24.1. The first kappa shape index (κ1) is 13.4. The largest absolute Gasteiger partial charge is 0.375 e. The van der Waals surface area contributed by atoms with Crippen molar-refractivity contribution in [2.75, 3.05) is 26.4 Å². The summed E-state index contributed by atoms with van der Waals surface area (Å²) in [5, 5.41) is 2.95. The van der Waals surface area contributed by atoms with Crippen LogP contribution in [-0.2, 0) is 14.3 Å². The van der Waals surface area contributed by atoms with E-state index in [1.165, 1.54) is 0 Å². The van der Waals surface area contributed by atoms with Crippen LogP contribution in [-0.4, -0.2) is 43.9 Å². The van der Waals surface area contributed by atoms with Crippen LogP contribution in [0, 0.1) is 0 Å². The molecular weight excluding hydrogens is 208 g/mol. The Bertz CT molecular complexity index is 231. The third kappa shape index (κ3) is 4.92. The first-order chi connectivity index (χ1) is 7.53. The molecule has 1 unspecified atom stereocenters. The number of hydrogen-bond acceptors (Lipinski definition) is 4. The van der Waals surface area contributed by atoms with E-state index in [4.69, 9.17) is 15.2 Å². The number of amides is 1. The van der Waals surface area contributed by atoms with Crippen molar-refractivity contribution in [1.29, 1.82) is 0 Å². The van der Waals surface area contributed by atoms with Gasteiger partial charge in [-0.15, -0.1) is 0 Å². The summed E-state index contributed by atoms with van der Waals surface area (Å²) < 4.78 is 10.6. The van der Waals surface area contributed by atoms with Gasteiger partial charge in [-0.2, -0.15) is 0 Å². The Kier molecular flexibility index (Phi) is 5.18. The Morgan fingerprint density at radius 1 is 1.62 bits per heavy atom. The Labute approximate surface area is 96.7 Å². The van der Waals surface area contributed by atoms with Crippen molar-refractivity contribution in [2.24, 2.45) is 5.73 Å². The molecule has 1 fully saturated rings. The molecule has 5 heteroatoms. The molecule has 0 aromatic rings. The zero-order valence-corrected chi connectivity index (χ0v) is 10.1. The van der Waals surface area contributed by atoms with Crippen LogP contribution in [0.1, 0.15) is 26.7 Å². The van der Waals surface area contributed by atoms with Gasteiger partial charge in [0.15, 0.2) is 0 Å². The van der Waals surface area contributed by atoms with Gasteiger partial charge in [-0.3, -0.25) is 4.79 Å². The van der Waals surface area contributed by atoms with Crippen LogP contribution in [0.25, 0.3) is 0 Å². The Morgan fingerprint density at radius 3 is 3.00 bits per heavy atom. The van der Waals surface area contributed by atoms with Crippen molar-refractivity contribution in [3.05, 3.63) is 0 Å². The number of nitrogens with two attached hydrogens (primary N) is 1. The van der Waals surface area contributed by atoms with Gasteiger partial charge in [0.05, 0.1) is 12.2 Å². The summed E-state index contributed by atoms with van der Waals surface area (Å²) in [6, 6.07) is 0.192. The first-order valence-electron chi connectivity index (χ1n) is 5.74. The maximum absolute atomic E-state index is 11.5. The number of rotatable bonds is 5. The lowest BCUT2D eigenvalue weighted by Gasteiger charge is -2.35. The average molecular weight is 230 g/mol. The summed E-state index contributed by atoms with van der Waals surface area (Å²) in [4.78, 5) is 11.5. The SMILES string of the molecule is CC1(C)CC(NC(=O)COCCN)CCO1. The van der Waals surface area contributed by atoms with Crippen LogP contribution in [0.15, 0.2) is 0 Å². The van der Waals surface area contributed by atoms with Crippen LogP contribution in [0.2, 0.25) is 0 Å². The van der Waals surface area contributed by atoms with E-state index in [-0.39, 0.29) is 24.2 Å². The van der Waals surface area contributed by atoms with E-state index in [9.17, 15) is 4.79 Å². The summed E-state index contributed by atoms with van der Waals surface area (Å²) >= 11 is 0. The van der Waals surface area contributed by atoms with Crippen molar-refractivity contribution < 1.29 is 14.3 Å². The minimum Gasteiger partial charge on any atom is -0.375 e. The van der Waals surface area contributed by atoms with Crippen molar-refractivity contribution >= 4 is 5.91 Å². The second-order valence-electron chi connectivity index (χ2n) is 4.71. The van der Waals surface area contributed by atoms with E-state index in [1.807, 2.05) is 13.8 Å². The molecule has 0 spiro atoms. The van der Waals surface area contributed by atoms with E-state index >= 15 is 0 Å². The summed E-state index contributed by atoms with van der Waals surface area (Å²) in [5.41, 5.74) is 5.12. The third-order valence-corrected chi connectivity index (χ3v) is 2.56. The van der Waals surface area contributed by atoms with E-state index < -0.39 is 0 Å². The molecule has 5 nitrogen and oxygen atoms in total. The molecule has 3 N–H and O–H groups in total. The second kappa shape index (κ2) is 6.18. The molecule has 94 valence electrons. The Hall–Kier alpha value is -0.650. The van der Waals surface area contributed by atoms with E-state index in [0.29, 0.717) is 19.8 Å². The molecule has 0 aromatic carbocycles. The molecule has 1 saturated heterocycles. The standard InChI is InChI=1S/C11H22N2O3/c1-11(2)7-9(3-5-16-11)13-10(14)8-15-6-4-12/h9H,3-8,12H2,1-2H3,(H,13,14). The average Bonchev–Trinajstić information content (AvgIpc) is 2.16. The minimum absolute atomic E-state index is 0.0730. The highest BCUT2D eigenvalue weighted by Crippen LogP contribution is 2.23. The van der Waals surface area contributed by atoms with Gasteiger partial charge in [0, 0.05) is 19.2 Å². The van der Waals surface area contributed by atoms with Gasteiger partial charge < -0.3 is 20.5 Å². The van der Waals surface area contributed by atoms with Crippen molar-refractivity contribution in [3.63, 3.8) is 0 Å². The predicted molar refractivity (Wildman–Crippen MR) is 61.1 cm³/mol. The minimum atomic E-state index is -0.145. The van der Waals surface area contributed by atoms with Gasteiger partial charge in [-0.25, -0.2) is 0 Å². The molecule has 1 aliphatic rings. The molecule has 1 amide bonds. The lowest BCUT2D eigenvalue weighted by Crippen LogP contribution is -2.46. The van der Waals surface area contributed by atoms with Crippen molar-refractivity contribution in [2.45, 2.75) is 38.3 Å². The zero-order valence-electron chi connectivity index (χ0n) is 10.1. The molecule has 16 heavy (non-hydrogen) atoms. The highest BCUT2D eigenvalue weighted by Gasteiger charge is 2.29. The van der Waals surface area contributed by atoms with Crippen molar-refractivity contribution in [1.82, 2.24) is 5.32 Å². The number of carbonyl (C=O) groups excluding carboxylic acids is 1. The number of nitrogens with one attached hydrogen (secondary N) is 1. The lowest BCUT2D eigenvalue weighted by molar-refractivity contribution is -0.128. The maximum atomic E-state index is 11.5. The van der Waals surface area contributed by atoms with Gasteiger partial charge in [-0.05, 0) is 26.7 Å². The molecule has 0 radical (unpaired) electrons. The van der Waals surface area contributed by atoms with Crippen LogP contribution in [0.5, 0.6) is 0 Å². The highest BCUT2D eigenvalue weighted by molar-refractivity contribution is 5.77. The lowest BCUT2D eigenvalue weighted by atomic mass is 9.94. The summed E-state index contributed by atoms with van der Waals surface area (Å²) in [7, 11) is 0. The third-order valence-electron chi connectivity index (χ3n) is 2.56. The summed E-state index contributed by atoms with van der Waals surface area (Å²) in [5.74, 6) is -0.0730. The fourth-order valence-corrected chi connectivity index (χ4v) is 1.87. The first-order valence-corrected chi connectivity index (χ1v) is 5.74. The van der Waals surface area contributed by atoms with E-state index in [0.717, 1.165) is 12.8 Å². The Balaban J connectivity index is 2.23. The fraction of sp³-hybridized carbons (Fsp3) is 0.909. The van der Waals surface area contributed by atoms with Crippen LogP contribution in [0.3, 0.4) is 0 Å². The molecule has 0 saturated carbocycles. The van der Waals surface area contributed by atoms with Gasteiger partial charge in [-0.1, -0.05) is 0 Å². The molecule has 0 bridgehead atoms. The van der Waals surface area contributed by atoms with Crippen LogP contribution >= 0.6 is 0 Å². The number of carbonyl (C=O) groups is 1. The molecule has 1 aliphatic heterocycles. The molecular formula is C11H22N2O3. The zero-order chi connectivity index (χ0) is 12.0. The van der Waals surface area contributed by atoms with Gasteiger partial charge in [0.25, 0.3) is 0 Å². The molecule has 1 heterocycles. The number of hydrogen-bond donors (Lipinski definition) is 2. The van der Waals surface area contributed by atoms with Crippen LogP contribution in [0.4, 0.5) is 0 Å². The molecule has 1 rings (SSSR count). The van der Waals surface area contributed by atoms with Gasteiger partial charge >= 0.3 is 0 Å². The second-order valence-corrected chi connectivity index (χ2v) is 4.71. The highest BCUT2D eigenvalue weighted by atomic mass is 16.5. The Morgan fingerprint density at radius 2 is 2.38 bits per heavy atom. The summed E-state index contributed by atoms with van der Waals surface area (Å²) in [6.45, 7) is 5.73. The summed E-state index contributed by atoms with van der Waals surface area (Å²) in [6.07, 6.45) is 1.71. The van der Waals surface area contributed by atoms with Crippen molar-refractivity contribution in [3.8, 4) is 0 Å². The predicted octanol–water partition coefficient (Wildman–Crippen LogP) is 0.0355. The number of ether oxygens (including phenoxy) is 2. The van der Waals surface area contributed by atoms with Crippen LogP contribution < -0.4 is 11.1 Å². The fourth-order valence-electron chi connectivity index (χ4n) is 1.87. The van der Waals surface area contributed by atoms with E-state index in [2.05, 4.69) is 5.32 Å². The molecule has 0 aliphatic carbocycles. The maximum Gasteiger partial charge on any atom is 0.246 e. The molecule has 1 atom stereocenters. The monoisotopic (exact) mass is 230 g/mol. The van der Waals surface area contributed by atoms with E-state index in [1.54, 1.807) is 0 Å². The smallest absolute Gasteiger partial charge is 0.246 e. The molecule has 0 aromatic heterocycles. The van der Waals surface area contributed by atoms with Gasteiger partial charge in [0.1, 0.15) is 6.61 Å². The quantitative estimate of drug-likeness (QED) is 0.654. The topological polar surface area (TPSA) is 73.6 Å².